The highest BCUT2D eigenvalue weighted by atomic mass is 19.1. The van der Waals surface area contributed by atoms with Gasteiger partial charge >= 0.3 is 0 Å². The summed E-state index contributed by atoms with van der Waals surface area (Å²) < 4.78 is 37.2. The minimum Gasteiger partial charge on any atom is -0.493 e. The zero-order chi connectivity index (χ0) is 14.7. The summed E-state index contributed by atoms with van der Waals surface area (Å²) in [6.07, 6.45) is 0. The van der Waals surface area contributed by atoms with Gasteiger partial charge in [-0.25, -0.2) is 8.78 Å². The molecule has 0 spiro atoms. The molecule has 2 aromatic carbocycles. The third-order valence-corrected chi connectivity index (χ3v) is 3.07. The molecule has 0 saturated carbocycles. The molecule has 0 amide bonds. The average molecular weight is 279 g/mol. The van der Waals surface area contributed by atoms with Crippen LogP contribution in [0.3, 0.4) is 0 Å². The molecule has 5 heteroatoms. The lowest BCUT2D eigenvalue weighted by Gasteiger charge is -2.18. The van der Waals surface area contributed by atoms with Gasteiger partial charge in [-0.05, 0) is 12.1 Å². The summed E-state index contributed by atoms with van der Waals surface area (Å²) in [5, 5.41) is 0. The Morgan fingerprint density at radius 2 is 1.75 bits per heavy atom. The maximum atomic E-state index is 13.8. The standard InChI is InChI=1S/C15H15F2NO2/c1-19-13-5-3-4-11(15(13)20-2)14(18)10-7-6-9(16)8-12(10)17/h3-8,14H,18H2,1-2H3. The summed E-state index contributed by atoms with van der Waals surface area (Å²) in [7, 11) is 2.99. The summed E-state index contributed by atoms with van der Waals surface area (Å²) in [5.41, 5.74) is 6.83. The van der Waals surface area contributed by atoms with Gasteiger partial charge < -0.3 is 15.2 Å². The first-order valence-corrected chi connectivity index (χ1v) is 6.00. The van der Waals surface area contributed by atoms with E-state index in [9.17, 15) is 8.78 Å². The summed E-state index contributed by atoms with van der Waals surface area (Å²) in [5.74, 6) is -0.396. The highest BCUT2D eigenvalue weighted by Crippen LogP contribution is 2.36. The Labute approximate surface area is 115 Å². The molecule has 0 aliphatic carbocycles. The fourth-order valence-corrected chi connectivity index (χ4v) is 2.08. The van der Waals surface area contributed by atoms with Crippen molar-refractivity contribution in [1.29, 1.82) is 0 Å². The van der Waals surface area contributed by atoms with Gasteiger partial charge in [0.15, 0.2) is 11.5 Å². The molecule has 20 heavy (non-hydrogen) atoms. The van der Waals surface area contributed by atoms with E-state index in [-0.39, 0.29) is 5.56 Å². The van der Waals surface area contributed by atoms with Crippen LogP contribution in [-0.2, 0) is 0 Å². The fraction of sp³-hybridized carbons (Fsp3) is 0.200. The zero-order valence-corrected chi connectivity index (χ0v) is 11.2. The van der Waals surface area contributed by atoms with Crippen LogP contribution in [0, 0.1) is 11.6 Å². The SMILES string of the molecule is COc1cccc(C(N)c2ccc(F)cc2F)c1OC. The zero-order valence-electron chi connectivity index (χ0n) is 11.2. The van der Waals surface area contributed by atoms with E-state index >= 15 is 0 Å². The lowest BCUT2D eigenvalue weighted by molar-refractivity contribution is 0.350. The van der Waals surface area contributed by atoms with Crippen molar-refractivity contribution in [3.8, 4) is 11.5 Å². The van der Waals surface area contributed by atoms with Crippen LogP contribution >= 0.6 is 0 Å². The van der Waals surface area contributed by atoms with Gasteiger partial charge in [0.25, 0.3) is 0 Å². The molecule has 1 atom stereocenters. The van der Waals surface area contributed by atoms with Gasteiger partial charge in [0, 0.05) is 17.2 Å². The largest absolute Gasteiger partial charge is 0.493 e. The number of methoxy groups -OCH3 is 2. The van der Waals surface area contributed by atoms with Gasteiger partial charge in [-0.2, -0.15) is 0 Å². The highest BCUT2D eigenvalue weighted by Gasteiger charge is 2.20. The van der Waals surface area contributed by atoms with Gasteiger partial charge in [-0.1, -0.05) is 18.2 Å². The highest BCUT2D eigenvalue weighted by molar-refractivity contribution is 5.50. The van der Waals surface area contributed by atoms with Crippen molar-refractivity contribution in [1.82, 2.24) is 0 Å². The van der Waals surface area contributed by atoms with E-state index in [1.54, 1.807) is 18.2 Å². The van der Waals surface area contributed by atoms with Gasteiger partial charge in [0.2, 0.25) is 0 Å². The summed E-state index contributed by atoms with van der Waals surface area (Å²) in [4.78, 5) is 0. The molecular weight excluding hydrogens is 264 g/mol. The van der Waals surface area contributed by atoms with Crippen LogP contribution in [0.15, 0.2) is 36.4 Å². The molecule has 0 saturated heterocycles. The molecule has 0 radical (unpaired) electrons. The predicted molar refractivity (Wildman–Crippen MR) is 71.9 cm³/mol. The Hall–Kier alpha value is -2.14. The maximum absolute atomic E-state index is 13.8. The molecule has 0 aliphatic heterocycles. The van der Waals surface area contributed by atoms with Crippen molar-refractivity contribution in [2.75, 3.05) is 14.2 Å². The molecule has 2 rings (SSSR count). The normalized spacial score (nSPS) is 12.1. The molecule has 0 aliphatic rings. The van der Waals surface area contributed by atoms with Crippen molar-refractivity contribution < 1.29 is 18.3 Å². The third-order valence-electron chi connectivity index (χ3n) is 3.07. The Bertz CT molecular complexity index is 617. The summed E-state index contributed by atoms with van der Waals surface area (Å²) >= 11 is 0. The lowest BCUT2D eigenvalue weighted by Crippen LogP contribution is -2.15. The van der Waals surface area contributed by atoms with Gasteiger partial charge in [0.1, 0.15) is 11.6 Å². The van der Waals surface area contributed by atoms with E-state index in [1.165, 1.54) is 26.4 Å². The number of rotatable bonds is 4. The van der Waals surface area contributed by atoms with E-state index in [4.69, 9.17) is 15.2 Å². The van der Waals surface area contributed by atoms with E-state index in [2.05, 4.69) is 0 Å². The molecule has 106 valence electrons. The minimum absolute atomic E-state index is 0.193. The van der Waals surface area contributed by atoms with Crippen molar-refractivity contribution in [3.63, 3.8) is 0 Å². The Balaban J connectivity index is 2.50. The van der Waals surface area contributed by atoms with Crippen molar-refractivity contribution in [2.24, 2.45) is 5.73 Å². The lowest BCUT2D eigenvalue weighted by atomic mass is 9.98. The number of para-hydroxylation sites is 1. The van der Waals surface area contributed by atoms with Crippen LogP contribution in [0.25, 0.3) is 0 Å². The first-order valence-electron chi connectivity index (χ1n) is 6.00. The second-order valence-electron chi connectivity index (χ2n) is 4.23. The van der Waals surface area contributed by atoms with Crippen LogP contribution in [0.5, 0.6) is 11.5 Å². The second kappa shape index (κ2) is 5.88. The van der Waals surface area contributed by atoms with Crippen molar-refractivity contribution >= 4 is 0 Å². The quantitative estimate of drug-likeness (QED) is 0.935. The Kier molecular flexibility index (Phi) is 4.20. The number of halogens is 2. The van der Waals surface area contributed by atoms with E-state index in [0.29, 0.717) is 17.1 Å². The van der Waals surface area contributed by atoms with Crippen LogP contribution in [0.1, 0.15) is 17.2 Å². The third kappa shape index (κ3) is 2.58. The van der Waals surface area contributed by atoms with Crippen molar-refractivity contribution in [2.45, 2.75) is 6.04 Å². The molecule has 3 nitrogen and oxygen atoms in total. The molecule has 0 heterocycles. The maximum Gasteiger partial charge on any atom is 0.165 e. The number of hydrogen-bond donors (Lipinski definition) is 1. The minimum atomic E-state index is -0.777. The number of ether oxygens (including phenoxy) is 2. The van der Waals surface area contributed by atoms with E-state index in [0.717, 1.165) is 6.07 Å². The Morgan fingerprint density at radius 1 is 1.00 bits per heavy atom. The molecular formula is C15H15F2NO2. The van der Waals surface area contributed by atoms with Crippen LogP contribution < -0.4 is 15.2 Å². The van der Waals surface area contributed by atoms with Crippen LogP contribution in [0.4, 0.5) is 8.78 Å². The predicted octanol–water partition coefficient (Wildman–Crippen LogP) is 3.03. The Morgan fingerprint density at radius 3 is 2.35 bits per heavy atom. The molecule has 0 fully saturated rings. The molecule has 0 bridgehead atoms. The van der Waals surface area contributed by atoms with Crippen molar-refractivity contribution in [3.05, 3.63) is 59.2 Å². The number of nitrogens with two attached hydrogens (primary N) is 1. The first kappa shape index (κ1) is 14.3. The van der Waals surface area contributed by atoms with Crippen LogP contribution in [0.2, 0.25) is 0 Å². The number of hydrogen-bond acceptors (Lipinski definition) is 3. The van der Waals surface area contributed by atoms with E-state index in [1.807, 2.05) is 0 Å². The number of benzene rings is 2. The van der Waals surface area contributed by atoms with E-state index < -0.39 is 17.7 Å². The topological polar surface area (TPSA) is 44.5 Å². The summed E-state index contributed by atoms with van der Waals surface area (Å²) in [6, 6.07) is 7.70. The van der Waals surface area contributed by atoms with Gasteiger partial charge in [-0.15, -0.1) is 0 Å². The first-order chi connectivity index (χ1) is 9.58. The van der Waals surface area contributed by atoms with Crippen LogP contribution in [-0.4, -0.2) is 14.2 Å². The molecule has 2 aromatic rings. The van der Waals surface area contributed by atoms with Gasteiger partial charge in [-0.3, -0.25) is 0 Å². The smallest absolute Gasteiger partial charge is 0.165 e. The molecule has 2 N–H and O–H groups in total. The second-order valence-corrected chi connectivity index (χ2v) is 4.23. The molecule has 0 aromatic heterocycles. The average Bonchev–Trinajstić information content (AvgIpc) is 2.45. The monoisotopic (exact) mass is 279 g/mol. The molecule has 1 unspecified atom stereocenters. The van der Waals surface area contributed by atoms with Gasteiger partial charge in [0.05, 0.1) is 20.3 Å². The fourth-order valence-electron chi connectivity index (χ4n) is 2.08. The summed E-state index contributed by atoms with van der Waals surface area (Å²) in [6.45, 7) is 0.